The summed E-state index contributed by atoms with van der Waals surface area (Å²) in [4.78, 5) is 23.6. The number of esters is 1. The second-order valence-corrected chi connectivity index (χ2v) is 8.96. The largest absolute Gasteiger partial charge is 0.449 e. The van der Waals surface area contributed by atoms with E-state index in [-0.39, 0.29) is 12.0 Å². The zero-order chi connectivity index (χ0) is 22.5. The van der Waals surface area contributed by atoms with E-state index in [0.29, 0.717) is 22.9 Å². The lowest BCUT2D eigenvalue weighted by Crippen LogP contribution is -2.43. The van der Waals surface area contributed by atoms with Crippen molar-refractivity contribution < 1.29 is 9.53 Å². The maximum Gasteiger partial charge on any atom is 0.341 e. The number of aromatic nitrogens is 4. The Bertz CT molecular complexity index is 1190. The number of piperidine rings is 1. The van der Waals surface area contributed by atoms with E-state index in [1.165, 1.54) is 0 Å². The van der Waals surface area contributed by atoms with Crippen molar-refractivity contribution in [2.75, 3.05) is 23.3 Å². The standard InChI is InChI=1S/C23H27N7O2/c1-23(2)21-16(22(31)32-23)6-7-19(28-21)27-20-9-18(30-8-4-5-15(24)13-30)17(11-25-20)14-10-26-29(3)12-14/h6-7,9-12,15H,4-5,8,13,24H2,1-3H3,(H,25,27,28)/t15-/m1/s1. The highest BCUT2D eigenvalue weighted by Crippen LogP contribution is 2.37. The summed E-state index contributed by atoms with van der Waals surface area (Å²) in [5.74, 6) is 0.937. The molecule has 166 valence electrons. The minimum atomic E-state index is -0.753. The van der Waals surface area contributed by atoms with Crippen molar-refractivity contribution in [2.24, 2.45) is 12.8 Å². The summed E-state index contributed by atoms with van der Waals surface area (Å²) < 4.78 is 7.21. The molecule has 0 saturated carbocycles. The quantitative estimate of drug-likeness (QED) is 0.604. The second kappa shape index (κ2) is 7.59. The van der Waals surface area contributed by atoms with E-state index in [1.807, 2.05) is 45.6 Å². The normalized spacial score (nSPS) is 19.6. The number of nitrogens with zero attached hydrogens (tertiary/aromatic N) is 5. The molecule has 9 heteroatoms. The Hall–Kier alpha value is -3.46. The molecule has 9 nitrogen and oxygen atoms in total. The zero-order valence-electron chi connectivity index (χ0n) is 18.5. The summed E-state index contributed by atoms with van der Waals surface area (Å²) in [6.45, 7) is 5.41. The third-order valence-electron chi connectivity index (χ3n) is 5.99. The summed E-state index contributed by atoms with van der Waals surface area (Å²) in [7, 11) is 1.90. The van der Waals surface area contributed by atoms with Crippen LogP contribution in [-0.2, 0) is 17.4 Å². The van der Waals surface area contributed by atoms with E-state index in [2.05, 4.69) is 25.3 Å². The third-order valence-corrected chi connectivity index (χ3v) is 5.99. The first-order valence-corrected chi connectivity index (χ1v) is 10.8. The number of carbonyl (C=O) groups excluding carboxylic acids is 1. The van der Waals surface area contributed by atoms with Gasteiger partial charge in [-0.05, 0) is 38.8 Å². The predicted molar refractivity (Wildman–Crippen MR) is 122 cm³/mol. The van der Waals surface area contributed by atoms with Crippen LogP contribution in [0.15, 0.2) is 36.8 Å². The molecule has 5 heterocycles. The van der Waals surface area contributed by atoms with Gasteiger partial charge in [0.15, 0.2) is 0 Å². The number of fused-ring (bicyclic) bond motifs is 1. The molecule has 1 fully saturated rings. The highest BCUT2D eigenvalue weighted by molar-refractivity contribution is 5.94. The number of carbonyl (C=O) groups is 1. The van der Waals surface area contributed by atoms with Gasteiger partial charge < -0.3 is 20.7 Å². The van der Waals surface area contributed by atoms with E-state index in [1.54, 1.807) is 16.8 Å². The van der Waals surface area contributed by atoms with Gasteiger partial charge in [-0.2, -0.15) is 5.10 Å². The smallest absolute Gasteiger partial charge is 0.341 e. The van der Waals surface area contributed by atoms with Crippen molar-refractivity contribution >= 4 is 23.3 Å². The van der Waals surface area contributed by atoms with Gasteiger partial charge in [0.1, 0.15) is 22.9 Å². The van der Waals surface area contributed by atoms with Gasteiger partial charge in [-0.15, -0.1) is 0 Å². The van der Waals surface area contributed by atoms with E-state index in [9.17, 15) is 4.79 Å². The minimum Gasteiger partial charge on any atom is -0.449 e. The Balaban J connectivity index is 1.50. The Morgan fingerprint density at radius 1 is 1.22 bits per heavy atom. The minimum absolute atomic E-state index is 0.146. The van der Waals surface area contributed by atoms with Crippen LogP contribution in [-0.4, -0.2) is 44.8 Å². The van der Waals surface area contributed by atoms with Gasteiger partial charge >= 0.3 is 5.97 Å². The maximum absolute atomic E-state index is 12.1. The van der Waals surface area contributed by atoms with Crippen LogP contribution in [0.1, 0.15) is 42.7 Å². The lowest BCUT2D eigenvalue weighted by Gasteiger charge is -2.34. The molecular formula is C23H27N7O2. The fraction of sp³-hybridized carbons (Fsp3) is 0.391. The summed E-state index contributed by atoms with van der Waals surface area (Å²) >= 11 is 0. The van der Waals surface area contributed by atoms with Crippen molar-refractivity contribution in [3.63, 3.8) is 0 Å². The highest BCUT2D eigenvalue weighted by Gasteiger charge is 2.39. The van der Waals surface area contributed by atoms with Crippen molar-refractivity contribution in [1.82, 2.24) is 19.7 Å². The molecule has 0 bridgehead atoms. The maximum atomic E-state index is 12.1. The average molecular weight is 434 g/mol. The molecule has 0 aliphatic carbocycles. The van der Waals surface area contributed by atoms with Crippen molar-refractivity contribution in [2.45, 2.75) is 38.3 Å². The van der Waals surface area contributed by atoms with Crippen LogP contribution in [0.4, 0.5) is 17.3 Å². The van der Waals surface area contributed by atoms with Crippen LogP contribution in [0.2, 0.25) is 0 Å². The third kappa shape index (κ3) is 3.69. The first kappa shape index (κ1) is 20.4. The van der Waals surface area contributed by atoms with Crippen LogP contribution in [0.25, 0.3) is 11.1 Å². The van der Waals surface area contributed by atoms with Gasteiger partial charge in [0, 0.05) is 61.5 Å². The molecule has 0 amide bonds. The highest BCUT2D eigenvalue weighted by atomic mass is 16.6. The molecule has 2 aliphatic heterocycles. The van der Waals surface area contributed by atoms with E-state index in [0.717, 1.165) is 42.7 Å². The van der Waals surface area contributed by atoms with E-state index < -0.39 is 5.60 Å². The molecule has 32 heavy (non-hydrogen) atoms. The zero-order valence-corrected chi connectivity index (χ0v) is 18.5. The number of nitrogens with two attached hydrogens (primary N) is 1. The van der Waals surface area contributed by atoms with Crippen LogP contribution in [0.5, 0.6) is 0 Å². The molecular weight excluding hydrogens is 406 g/mol. The van der Waals surface area contributed by atoms with Gasteiger partial charge in [-0.3, -0.25) is 4.68 Å². The molecule has 5 rings (SSSR count). The lowest BCUT2D eigenvalue weighted by atomic mass is 10.0. The summed E-state index contributed by atoms with van der Waals surface area (Å²) in [6.07, 6.45) is 7.77. The fourth-order valence-corrected chi connectivity index (χ4v) is 4.40. The van der Waals surface area contributed by atoms with Crippen molar-refractivity contribution in [1.29, 1.82) is 0 Å². The molecule has 1 atom stereocenters. The number of hydrogen-bond donors (Lipinski definition) is 2. The summed E-state index contributed by atoms with van der Waals surface area (Å²) in [6, 6.07) is 5.70. The summed E-state index contributed by atoms with van der Waals surface area (Å²) in [5.41, 5.74) is 9.73. The Kier molecular flexibility index (Phi) is 4.85. The van der Waals surface area contributed by atoms with Gasteiger partial charge in [0.2, 0.25) is 0 Å². The molecule has 0 unspecified atom stereocenters. The number of nitrogens with one attached hydrogen (secondary N) is 1. The SMILES string of the molecule is Cn1cc(-c2cnc(Nc3ccc4c(n3)C(C)(C)OC4=O)cc2N2CCC[C@@H](N)C2)cn1. The van der Waals surface area contributed by atoms with Crippen molar-refractivity contribution in [3.05, 3.63) is 48.0 Å². The second-order valence-electron chi connectivity index (χ2n) is 8.96. The van der Waals surface area contributed by atoms with E-state index >= 15 is 0 Å². The Morgan fingerprint density at radius 2 is 2.06 bits per heavy atom. The van der Waals surface area contributed by atoms with Gasteiger partial charge in [0.25, 0.3) is 0 Å². The lowest BCUT2D eigenvalue weighted by molar-refractivity contribution is 0.00834. The topological polar surface area (TPSA) is 111 Å². The number of rotatable bonds is 4. The number of hydrogen-bond acceptors (Lipinski definition) is 8. The van der Waals surface area contributed by atoms with Crippen LogP contribution in [0, 0.1) is 0 Å². The molecule has 3 aromatic heterocycles. The van der Waals surface area contributed by atoms with Gasteiger partial charge in [-0.25, -0.2) is 14.8 Å². The first-order valence-electron chi connectivity index (χ1n) is 10.8. The van der Waals surface area contributed by atoms with Crippen LogP contribution < -0.4 is 16.0 Å². The van der Waals surface area contributed by atoms with Crippen LogP contribution >= 0.6 is 0 Å². The monoisotopic (exact) mass is 433 g/mol. The molecule has 0 radical (unpaired) electrons. The number of pyridine rings is 2. The first-order chi connectivity index (χ1) is 15.3. The fourth-order valence-electron chi connectivity index (χ4n) is 4.40. The summed E-state index contributed by atoms with van der Waals surface area (Å²) in [5, 5.41) is 7.61. The number of aryl methyl sites for hydroxylation is 1. The number of cyclic esters (lactones) is 1. The Morgan fingerprint density at radius 3 is 2.81 bits per heavy atom. The molecule has 3 aromatic rings. The number of ether oxygens (including phenoxy) is 1. The Labute approximate surface area is 186 Å². The number of anilines is 3. The molecule has 0 spiro atoms. The van der Waals surface area contributed by atoms with Crippen molar-refractivity contribution in [3.8, 4) is 11.1 Å². The molecule has 2 aliphatic rings. The predicted octanol–water partition coefficient (Wildman–Crippen LogP) is 2.95. The van der Waals surface area contributed by atoms with E-state index in [4.69, 9.17) is 10.5 Å². The van der Waals surface area contributed by atoms with Gasteiger partial charge in [-0.1, -0.05) is 0 Å². The average Bonchev–Trinajstić information content (AvgIpc) is 3.28. The molecule has 3 N–H and O–H groups in total. The molecule has 1 saturated heterocycles. The van der Waals surface area contributed by atoms with Crippen LogP contribution in [0.3, 0.4) is 0 Å². The molecule has 0 aromatic carbocycles. The van der Waals surface area contributed by atoms with Gasteiger partial charge in [0.05, 0.1) is 11.8 Å².